The first-order chi connectivity index (χ1) is 25.4. The van der Waals surface area contributed by atoms with Crippen LogP contribution in [0.4, 0.5) is 0 Å². The molecule has 16 bridgehead atoms. The van der Waals surface area contributed by atoms with Gasteiger partial charge in [0.2, 0.25) is 0 Å². The van der Waals surface area contributed by atoms with E-state index in [1.807, 2.05) is 6.08 Å². The summed E-state index contributed by atoms with van der Waals surface area (Å²) in [5.41, 5.74) is 15.9. The van der Waals surface area contributed by atoms with Crippen LogP contribution < -0.4 is 0 Å². The van der Waals surface area contributed by atoms with Crippen LogP contribution in [0.25, 0.3) is 44.4 Å². The van der Waals surface area contributed by atoms with Crippen molar-refractivity contribution in [3.8, 4) is 0 Å². The highest BCUT2D eigenvalue weighted by molar-refractivity contribution is 6.13. The van der Waals surface area contributed by atoms with Crippen molar-refractivity contribution in [2.24, 2.45) is 23.7 Å². The Morgan fingerprint density at radius 2 is 0.885 bits per heavy atom. The molecule has 52 heavy (non-hydrogen) atoms. The fraction of sp³-hybridized carbons (Fsp3) is 0.364. The van der Waals surface area contributed by atoms with Crippen LogP contribution in [0.5, 0.6) is 0 Å². The normalized spacial score (nSPS) is 32.6. The maximum Gasteiger partial charge on any atom is 0.145 e. The van der Waals surface area contributed by atoms with Crippen LogP contribution in [0.1, 0.15) is 120 Å². The van der Waals surface area contributed by atoms with Crippen molar-refractivity contribution in [2.75, 3.05) is 0 Å². The third kappa shape index (κ3) is 3.40. The van der Waals surface area contributed by atoms with E-state index in [9.17, 15) is 19.2 Å². The lowest BCUT2D eigenvalue weighted by atomic mass is 9.66. The summed E-state index contributed by atoms with van der Waals surface area (Å²) >= 11 is 0. The Hall–Kier alpha value is -5.24. The number of rotatable bonds is 0. The summed E-state index contributed by atoms with van der Waals surface area (Å²) < 4.78 is 0. The van der Waals surface area contributed by atoms with Crippen LogP contribution in [0.2, 0.25) is 0 Å². The quantitative estimate of drug-likeness (QED) is 0.236. The van der Waals surface area contributed by atoms with Crippen molar-refractivity contribution in [2.45, 2.75) is 75.0 Å². The van der Waals surface area contributed by atoms with Crippen molar-refractivity contribution in [1.82, 2.24) is 19.9 Å². The average molecular weight is 683 g/mol. The number of hydrogen-bond acceptors (Lipinski definition) is 6. The van der Waals surface area contributed by atoms with Crippen molar-refractivity contribution >= 4 is 67.5 Å². The van der Waals surface area contributed by atoms with E-state index in [4.69, 9.17) is 9.97 Å². The Morgan fingerprint density at radius 3 is 1.40 bits per heavy atom. The molecule has 8 atom stereocenters. The molecular weight excluding hydrogens is 649 g/mol. The van der Waals surface area contributed by atoms with E-state index in [1.54, 1.807) is 0 Å². The van der Waals surface area contributed by atoms with E-state index in [0.717, 1.165) is 104 Å². The summed E-state index contributed by atoms with van der Waals surface area (Å²) in [7, 11) is 0. The van der Waals surface area contributed by atoms with Crippen LogP contribution in [0.3, 0.4) is 0 Å². The molecule has 5 heterocycles. The Bertz CT molecular complexity index is 2680. The molecule has 0 aromatic carbocycles. The molecule has 8 heteroatoms. The predicted octanol–water partition coefficient (Wildman–Crippen LogP) is 7.55. The Balaban J connectivity index is 1.19. The van der Waals surface area contributed by atoms with Gasteiger partial charge in [0.05, 0.1) is 34.6 Å². The lowest BCUT2D eigenvalue weighted by Crippen LogP contribution is -2.29. The van der Waals surface area contributed by atoms with Gasteiger partial charge in [-0.25, -0.2) is 9.97 Å². The van der Waals surface area contributed by atoms with Crippen molar-refractivity contribution in [3.63, 3.8) is 0 Å². The maximum atomic E-state index is 13.5. The number of aromatic amines is 2. The van der Waals surface area contributed by atoms with Crippen LogP contribution in [0.15, 0.2) is 48.6 Å². The monoisotopic (exact) mass is 682 g/mol. The number of H-pyrrole nitrogens is 2. The predicted molar refractivity (Wildman–Crippen MR) is 195 cm³/mol. The summed E-state index contributed by atoms with van der Waals surface area (Å²) in [5, 5.41) is 0. The van der Waals surface area contributed by atoms with E-state index in [2.05, 4.69) is 52.5 Å². The average Bonchev–Trinajstić information content (AvgIpc) is 3.90. The number of allylic oxidation sites excluding steroid dienone is 8. The van der Waals surface area contributed by atoms with Crippen molar-refractivity contribution in [3.05, 3.63) is 93.6 Å². The number of aromatic nitrogens is 4. The van der Waals surface area contributed by atoms with Crippen LogP contribution in [-0.4, -0.2) is 43.1 Å². The minimum absolute atomic E-state index is 0.0519. The highest BCUT2D eigenvalue weighted by Crippen LogP contribution is 2.56. The van der Waals surface area contributed by atoms with E-state index >= 15 is 0 Å². The largest absolute Gasteiger partial charge is 0.355 e. The van der Waals surface area contributed by atoms with Gasteiger partial charge >= 0.3 is 0 Å². The molecule has 2 N–H and O–H groups in total. The number of fused-ring (bicyclic) bond motifs is 14. The Kier molecular flexibility index (Phi) is 5.13. The minimum atomic E-state index is -0.349. The molecule has 0 saturated heterocycles. The van der Waals surface area contributed by atoms with Gasteiger partial charge in [-0.2, -0.15) is 0 Å². The highest BCUT2D eigenvalue weighted by Gasteiger charge is 2.47. The molecule has 12 aliphatic carbocycles. The molecule has 2 saturated carbocycles. The molecule has 3 aromatic rings. The molecule has 254 valence electrons. The third-order valence-electron chi connectivity index (χ3n) is 14.3. The maximum absolute atomic E-state index is 13.5. The second kappa shape index (κ2) is 9.40. The van der Waals surface area contributed by atoms with Crippen molar-refractivity contribution < 1.29 is 19.2 Å². The molecule has 3 aromatic heterocycles. The van der Waals surface area contributed by atoms with Crippen LogP contribution in [0, 0.1) is 23.7 Å². The lowest BCUT2D eigenvalue weighted by Gasteiger charge is -2.35. The van der Waals surface area contributed by atoms with Gasteiger partial charge in [0, 0.05) is 71.4 Å². The van der Waals surface area contributed by atoms with Gasteiger partial charge in [-0.05, 0) is 106 Å². The molecule has 8 nitrogen and oxygen atoms in total. The second-order valence-electron chi connectivity index (χ2n) is 16.8. The molecular formula is C44H34N4O4. The first-order valence-electron chi connectivity index (χ1n) is 19.2. The lowest BCUT2D eigenvalue weighted by molar-refractivity contribution is -0.123. The fourth-order valence-electron chi connectivity index (χ4n) is 12.3. The van der Waals surface area contributed by atoms with E-state index in [0.29, 0.717) is 37.2 Å². The van der Waals surface area contributed by atoms with Gasteiger partial charge in [-0.3, -0.25) is 19.2 Å². The van der Waals surface area contributed by atoms with Gasteiger partial charge in [0.25, 0.3) is 0 Å². The van der Waals surface area contributed by atoms with Gasteiger partial charge in [0.1, 0.15) is 23.1 Å². The van der Waals surface area contributed by atoms with Gasteiger partial charge in [-0.15, -0.1) is 0 Å². The highest BCUT2D eigenvalue weighted by atomic mass is 16.1. The number of hydrogen-bond donors (Lipinski definition) is 2. The smallest absolute Gasteiger partial charge is 0.145 e. The molecule has 2 fully saturated rings. The third-order valence-corrected chi connectivity index (χ3v) is 14.3. The molecule has 17 rings (SSSR count). The van der Waals surface area contributed by atoms with Crippen molar-refractivity contribution in [1.29, 1.82) is 0 Å². The number of nitrogens with zero attached hydrogens (tertiary/aromatic N) is 2. The van der Waals surface area contributed by atoms with Crippen LogP contribution in [-0.2, 0) is 19.2 Å². The minimum Gasteiger partial charge on any atom is -0.355 e. The summed E-state index contributed by atoms with van der Waals surface area (Å²) in [6.07, 6.45) is 14.1. The molecule has 14 aliphatic rings. The van der Waals surface area contributed by atoms with E-state index in [-0.39, 0.29) is 58.9 Å². The number of carbonyl (C=O) groups excluding carboxylic acids is 4. The topological polar surface area (TPSA) is 126 Å². The summed E-state index contributed by atoms with van der Waals surface area (Å²) in [4.78, 5) is 72.1. The summed E-state index contributed by atoms with van der Waals surface area (Å²) in [5.74, 6) is 0.275. The number of ketones is 4. The van der Waals surface area contributed by atoms with Gasteiger partial charge < -0.3 is 9.97 Å². The van der Waals surface area contributed by atoms with Crippen LogP contribution >= 0.6 is 0 Å². The Labute approximate surface area is 298 Å². The molecule has 8 unspecified atom stereocenters. The number of nitrogens with one attached hydrogen (secondary N) is 2. The molecule has 2 aliphatic heterocycles. The fourth-order valence-corrected chi connectivity index (χ4v) is 12.3. The SMILES string of the molecule is O=C1CC2C=CC1C1=C2c2cc3[nH]c(cc4[nH]c(cc5nc(cc1n2)C1=C5C2C=CC1CC2=O)c1c4C2CCC1CC2=O)c1c3C2CCC1CC2=O. The molecule has 0 radical (unpaired) electrons. The first kappa shape index (κ1) is 28.4. The van der Waals surface area contributed by atoms with E-state index in [1.165, 1.54) is 11.1 Å². The zero-order valence-corrected chi connectivity index (χ0v) is 28.4. The first-order valence-corrected chi connectivity index (χ1v) is 19.2. The number of Topliss-reactive ketones (excluding diaryl/α,β-unsaturated/α-hetero) is 4. The zero-order valence-electron chi connectivity index (χ0n) is 28.4. The Morgan fingerprint density at radius 1 is 0.442 bits per heavy atom. The summed E-state index contributed by atoms with van der Waals surface area (Å²) in [6, 6.07) is 8.57. The zero-order chi connectivity index (χ0) is 34.3. The molecule has 0 amide bonds. The summed E-state index contributed by atoms with van der Waals surface area (Å²) in [6.45, 7) is 0. The molecule has 0 spiro atoms. The van der Waals surface area contributed by atoms with E-state index < -0.39 is 0 Å². The standard InChI is InChI=1S/C44H34N4O4/c49-33-9-17-1-5-21(33)41-29-14-26-38-18-3-7-23(35(51)10-18)43(38)31(47-26)16-28-40-20-4-8-24(36(52)12-20)44(40)32(48-28)15-27-39-19-2-6-22(34(50)11-19)42(39)30(46-27)13-25(45-29)37(17)41/h1-2,5-6,13-24,47-48H,3-4,7-12H2. The number of carbonyl (C=O) groups is 4. The van der Waals surface area contributed by atoms with Gasteiger partial charge in [-0.1, -0.05) is 24.3 Å². The van der Waals surface area contributed by atoms with Gasteiger partial charge in [0.15, 0.2) is 0 Å². The second-order valence-corrected chi connectivity index (χ2v) is 16.8.